The van der Waals surface area contributed by atoms with Gasteiger partial charge in [-0.15, -0.1) is 0 Å². The van der Waals surface area contributed by atoms with E-state index in [2.05, 4.69) is 59.7 Å². The van der Waals surface area contributed by atoms with Crippen LogP contribution in [0, 0.1) is 27.7 Å². The molecule has 126 valence electrons. The van der Waals surface area contributed by atoms with E-state index >= 15 is 0 Å². The number of hydrogen-bond acceptors (Lipinski definition) is 4. The zero-order valence-corrected chi connectivity index (χ0v) is 14.8. The van der Waals surface area contributed by atoms with Crippen molar-refractivity contribution in [3.63, 3.8) is 0 Å². The van der Waals surface area contributed by atoms with Crippen LogP contribution in [0.15, 0.2) is 47.3 Å². The zero-order chi connectivity index (χ0) is 17.6. The number of nitrogens with zero attached hydrogens (tertiary/aromatic N) is 3. The highest BCUT2D eigenvalue weighted by molar-refractivity contribution is 5.80. The van der Waals surface area contributed by atoms with Crippen LogP contribution < -0.4 is 5.32 Å². The molecule has 5 heteroatoms. The molecule has 0 bridgehead atoms. The lowest BCUT2D eigenvalue weighted by Gasteiger charge is -2.14. The Kier molecular flexibility index (Phi) is 3.57. The molecule has 0 aliphatic rings. The summed E-state index contributed by atoms with van der Waals surface area (Å²) in [5.41, 5.74) is 7.25. The Morgan fingerprint density at radius 2 is 1.76 bits per heavy atom. The molecule has 0 radical (unpaired) electrons. The SMILES string of the molecule is Cc1cc(C)n2c(Nc3c(C)cccc3C)c(-c3ccoc3)nc2n1. The Balaban J connectivity index is 1.99. The molecule has 0 unspecified atom stereocenters. The van der Waals surface area contributed by atoms with Gasteiger partial charge in [0.2, 0.25) is 5.78 Å². The summed E-state index contributed by atoms with van der Waals surface area (Å²) >= 11 is 0. The predicted molar refractivity (Wildman–Crippen MR) is 99.4 cm³/mol. The Bertz CT molecular complexity index is 1040. The topological polar surface area (TPSA) is 55.4 Å². The van der Waals surface area contributed by atoms with Crippen LogP contribution in [0.3, 0.4) is 0 Å². The summed E-state index contributed by atoms with van der Waals surface area (Å²) in [7, 11) is 0. The molecule has 1 N–H and O–H groups in total. The van der Waals surface area contributed by atoms with Gasteiger partial charge < -0.3 is 9.73 Å². The van der Waals surface area contributed by atoms with Crippen LogP contribution in [0.4, 0.5) is 11.5 Å². The minimum atomic E-state index is 0.683. The number of furan rings is 1. The average Bonchev–Trinajstić information content (AvgIpc) is 3.18. The lowest BCUT2D eigenvalue weighted by molar-refractivity contribution is 0.568. The molecule has 3 heterocycles. The third-order valence-corrected chi connectivity index (χ3v) is 4.43. The van der Waals surface area contributed by atoms with Crippen molar-refractivity contribution >= 4 is 17.3 Å². The summed E-state index contributed by atoms with van der Waals surface area (Å²) in [5, 5.41) is 3.60. The number of aryl methyl sites for hydroxylation is 4. The number of aromatic nitrogens is 3. The van der Waals surface area contributed by atoms with Crippen LogP contribution in [0.2, 0.25) is 0 Å². The summed E-state index contributed by atoms with van der Waals surface area (Å²) in [6, 6.07) is 10.2. The third kappa shape index (κ3) is 2.58. The van der Waals surface area contributed by atoms with Crippen molar-refractivity contribution in [2.45, 2.75) is 27.7 Å². The van der Waals surface area contributed by atoms with Gasteiger partial charge in [0.05, 0.1) is 12.5 Å². The van der Waals surface area contributed by atoms with E-state index in [-0.39, 0.29) is 0 Å². The summed E-state index contributed by atoms with van der Waals surface area (Å²) in [6.07, 6.45) is 3.37. The largest absolute Gasteiger partial charge is 0.472 e. The maximum atomic E-state index is 5.27. The maximum Gasteiger partial charge on any atom is 0.236 e. The first kappa shape index (κ1) is 15.4. The summed E-state index contributed by atoms with van der Waals surface area (Å²) in [6.45, 7) is 8.26. The highest BCUT2D eigenvalue weighted by Crippen LogP contribution is 2.33. The molecule has 0 aliphatic carbocycles. The molecule has 25 heavy (non-hydrogen) atoms. The van der Waals surface area contributed by atoms with Crippen molar-refractivity contribution in [1.29, 1.82) is 0 Å². The molecule has 4 rings (SSSR count). The second-order valence-electron chi connectivity index (χ2n) is 6.39. The number of benzene rings is 1. The number of rotatable bonds is 3. The Hall–Kier alpha value is -3.08. The van der Waals surface area contributed by atoms with Gasteiger partial charge in [0, 0.05) is 22.6 Å². The molecule has 0 aliphatic heterocycles. The molecule has 0 amide bonds. The van der Waals surface area contributed by atoms with Gasteiger partial charge in [-0.05, 0) is 51.0 Å². The average molecular weight is 332 g/mol. The van der Waals surface area contributed by atoms with Crippen molar-refractivity contribution in [2.75, 3.05) is 5.32 Å². The van der Waals surface area contributed by atoms with Gasteiger partial charge in [0.25, 0.3) is 0 Å². The van der Waals surface area contributed by atoms with Gasteiger partial charge in [-0.3, -0.25) is 4.40 Å². The van der Waals surface area contributed by atoms with Crippen molar-refractivity contribution < 1.29 is 4.42 Å². The van der Waals surface area contributed by atoms with Crippen LogP contribution in [-0.2, 0) is 0 Å². The van der Waals surface area contributed by atoms with Crippen molar-refractivity contribution in [2.24, 2.45) is 0 Å². The van der Waals surface area contributed by atoms with E-state index in [0.29, 0.717) is 5.78 Å². The Morgan fingerprint density at radius 1 is 1.00 bits per heavy atom. The number of anilines is 2. The molecule has 0 saturated heterocycles. The van der Waals surface area contributed by atoms with E-state index in [9.17, 15) is 0 Å². The Labute approximate surface area is 146 Å². The maximum absolute atomic E-state index is 5.27. The molecule has 3 aromatic heterocycles. The van der Waals surface area contributed by atoms with Gasteiger partial charge in [0.15, 0.2) is 0 Å². The van der Waals surface area contributed by atoms with E-state index in [1.807, 2.05) is 13.0 Å². The van der Waals surface area contributed by atoms with Crippen molar-refractivity contribution in [3.05, 3.63) is 65.4 Å². The fourth-order valence-electron chi connectivity index (χ4n) is 3.22. The molecule has 0 saturated carbocycles. The van der Waals surface area contributed by atoms with Crippen LogP contribution >= 0.6 is 0 Å². The van der Waals surface area contributed by atoms with Crippen LogP contribution in [0.5, 0.6) is 0 Å². The van der Waals surface area contributed by atoms with E-state index in [1.54, 1.807) is 12.5 Å². The highest BCUT2D eigenvalue weighted by atomic mass is 16.3. The molecule has 0 spiro atoms. The minimum Gasteiger partial charge on any atom is -0.472 e. The first-order valence-corrected chi connectivity index (χ1v) is 8.27. The highest BCUT2D eigenvalue weighted by Gasteiger charge is 2.19. The first-order chi connectivity index (χ1) is 12.0. The number of imidazole rings is 1. The fourth-order valence-corrected chi connectivity index (χ4v) is 3.22. The number of fused-ring (bicyclic) bond motifs is 1. The van der Waals surface area contributed by atoms with Crippen LogP contribution in [-0.4, -0.2) is 14.4 Å². The molecule has 1 aromatic carbocycles. The molecule has 0 atom stereocenters. The van der Waals surface area contributed by atoms with Gasteiger partial charge in [-0.1, -0.05) is 18.2 Å². The second-order valence-corrected chi connectivity index (χ2v) is 6.39. The summed E-state index contributed by atoms with van der Waals surface area (Å²) < 4.78 is 7.33. The number of nitrogens with one attached hydrogen (secondary N) is 1. The van der Waals surface area contributed by atoms with Crippen molar-refractivity contribution in [1.82, 2.24) is 14.4 Å². The molecular weight excluding hydrogens is 312 g/mol. The summed E-state index contributed by atoms with van der Waals surface area (Å²) in [4.78, 5) is 9.36. The third-order valence-electron chi connectivity index (χ3n) is 4.43. The lowest BCUT2D eigenvalue weighted by Crippen LogP contribution is -2.03. The zero-order valence-electron chi connectivity index (χ0n) is 14.8. The number of para-hydroxylation sites is 1. The van der Waals surface area contributed by atoms with E-state index < -0.39 is 0 Å². The second kappa shape index (κ2) is 5.77. The first-order valence-electron chi connectivity index (χ1n) is 8.27. The monoisotopic (exact) mass is 332 g/mol. The molecule has 0 fully saturated rings. The minimum absolute atomic E-state index is 0.683. The smallest absolute Gasteiger partial charge is 0.236 e. The van der Waals surface area contributed by atoms with Crippen molar-refractivity contribution in [3.8, 4) is 11.3 Å². The van der Waals surface area contributed by atoms with E-state index in [4.69, 9.17) is 9.40 Å². The Morgan fingerprint density at radius 3 is 2.44 bits per heavy atom. The van der Waals surface area contributed by atoms with Gasteiger partial charge in [-0.2, -0.15) is 0 Å². The van der Waals surface area contributed by atoms with Crippen LogP contribution in [0.25, 0.3) is 17.0 Å². The standard InChI is InChI=1S/C20H20N4O/c1-12-6-5-7-13(2)17(12)22-19-18(16-8-9-25-11-16)23-20-21-14(3)10-15(4)24(19)20/h5-11,22H,1-4H3. The molecule has 5 nitrogen and oxygen atoms in total. The fraction of sp³-hybridized carbons (Fsp3) is 0.200. The van der Waals surface area contributed by atoms with E-state index in [0.717, 1.165) is 34.2 Å². The lowest BCUT2D eigenvalue weighted by atomic mass is 10.1. The normalized spacial score (nSPS) is 11.2. The predicted octanol–water partition coefficient (Wildman–Crippen LogP) is 4.97. The molecule has 4 aromatic rings. The van der Waals surface area contributed by atoms with Crippen LogP contribution in [0.1, 0.15) is 22.5 Å². The quantitative estimate of drug-likeness (QED) is 0.576. The summed E-state index contributed by atoms with van der Waals surface area (Å²) in [5.74, 6) is 1.58. The number of hydrogen-bond donors (Lipinski definition) is 1. The van der Waals surface area contributed by atoms with E-state index in [1.165, 1.54) is 11.1 Å². The van der Waals surface area contributed by atoms with Gasteiger partial charge >= 0.3 is 0 Å². The molecular formula is C20H20N4O. The van der Waals surface area contributed by atoms with Gasteiger partial charge in [-0.25, -0.2) is 9.97 Å². The van der Waals surface area contributed by atoms with Gasteiger partial charge in [0.1, 0.15) is 11.5 Å².